The van der Waals surface area contributed by atoms with Crippen LogP contribution in [-0.4, -0.2) is 18.0 Å². The molecule has 1 aliphatic carbocycles. The third-order valence-corrected chi connectivity index (χ3v) is 3.84. The van der Waals surface area contributed by atoms with Crippen LogP contribution in [0.25, 0.3) is 0 Å². The van der Waals surface area contributed by atoms with Crippen molar-refractivity contribution in [3.05, 3.63) is 22.7 Å². The second-order valence-corrected chi connectivity index (χ2v) is 5.73. The maximum Gasteiger partial charge on any atom is 0.175 e. The first-order valence-corrected chi connectivity index (χ1v) is 6.55. The monoisotopic (exact) mass is 334 g/mol. The summed E-state index contributed by atoms with van der Waals surface area (Å²) in [6.07, 6.45) is 2.43. The van der Waals surface area contributed by atoms with E-state index in [0.29, 0.717) is 10.9 Å². The van der Waals surface area contributed by atoms with Gasteiger partial charge in [0.15, 0.2) is 11.5 Å². The van der Waals surface area contributed by atoms with E-state index in [9.17, 15) is 0 Å². The Morgan fingerprint density at radius 3 is 2.67 bits per heavy atom. The van der Waals surface area contributed by atoms with Crippen molar-refractivity contribution in [2.75, 3.05) is 7.11 Å². The van der Waals surface area contributed by atoms with Crippen molar-refractivity contribution in [2.24, 2.45) is 0 Å². The summed E-state index contributed by atoms with van der Waals surface area (Å²) in [7, 11) is 1.66. The molecule has 4 heteroatoms. The van der Waals surface area contributed by atoms with Gasteiger partial charge in [-0.15, -0.1) is 0 Å². The van der Waals surface area contributed by atoms with Crippen LogP contribution in [0.15, 0.2) is 22.7 Å². The van der Waals surface area contributed by atoms with Crippen LogP contribution in [0, 0.1) is 0 Å². The molecule has 0 spiro atoms. The Bertz CT molecular complexity index is 348. The number of benzene rings is 1. The van der Waals surface area contributed by atoms with Crippen LogP contribution in [-0.2, 0) is 0 Å². The predicted octanol–water partition coefficient (Wildman–Crippen LogP) is 3.76. The zero-order valence-corrected chi connectivity index (χ0v) is 11.5. The first-order chi connectivity index (χ1) is 7.20. The van der Waals surface area contributed by atoms with Gasteiger partial charge in [0.05, 0.1) is 11.6 Å². The van der Waals surface area contributed by atoms with Crippen LogP contribution in [0.4, 0.5) is 0 Å². The summed E-state index contributed by atoms with van der Waals surface area (Å²) in [6, 6.07) is 5.80. The molecule has 15 heavy (non-hydrogen) atoms. The quantitative estimate of drug-likeness (QED) is 0.783. The van der Waals surface area contributed by atoms with Crippen LogP contribution in [0.3, 0.4) is 0 Å². The molecule has 1 aliphatic rings. The van der Waals surface area contributed by atoms with Crippen LogP contribution in [0.2, 0.25) is 0 Å². The summed E-state index contributed by atoms with van der Waals surface area (Å²) in [4.78, 5) is 0.607. The Morgan fingerprint density at radius 1 is 1.33 bits per heavy atom. The average molecular weight is 336 g/mol. The van der Waals surface area contributed by atoms with E-state index in [1.165, 1.54) is 0 Å². The number of rotatable bonds is 3. The highest BCUT2D eigenvalue weighted by molar-refractivity contribution is 9.10. The van der Waals surface area contributed by atoms with E-state index in [2.05, 4.69) is 31.9 Å². The second kappa shape index (κ2) is 4.74. The minimum Gasteiger partial charge on any atom is -0.493 e. The lowest BCUT2D eigenvalue weighted by atomic mass is 9.96. The SMILES string of the molecule is COc1cccc(Br)c1OC1CC(Br)C1. The van der Waals surface area contributed by atoms with Crippen LogP contribution in [0.1, 0.15) is 12.8 Å². The number of ether oxygens (including phenoxy) is 2. The Balaban J connectivity index is 2.12. The smallest absolute Gasteiger partial charge is 0.175 e. The summed E-state index contributed by atoms with van der Waals surface area (Å²) in [5, 5.41) is 0. The highest BCUT2D eigenvalue weighted by Crippen LogP contribution is 2.39. The molecule has 0 amide bonds. The Morgan fingerprint density at radius 2 is 2.07 bits per heavy atom. The first kappa shape index (κ1) is 11.3. The van der Waals surface area contributed by atoms with Crippen molar-refractivity contribution in [3.63, 3.8) is 0 Å². The molecule has 2 rings (SSSR count). The van der Waals surface area contributed by atoms with E-state index in [4.69, 9.17) is 9.47 Å². The molecule has 1 fully saturated rings. The highest BCUT2D eigenvalue weighted by atomic mass is 79.9. The van der Waals surface area contributed by atoms with Crippen LogP contribution < -0.4 is 9.47 Å². The van der Waals surface area contributed by atoms with Crippen molar-refractivity contribution < 1.29 is 9.47 Å². The third kappa shape index (κ3) is 2.48. The maximum atomic E-state index is 5.87. The molecule has 0 heterocycles. The summed E-state index contributed by atoms with van der Waals surface area (Å²) in [5.74, 6) is 1.59. The van der Waals surface area contributed by atoms with E-state index in [1.54, 1.807) is 7.11 Å². The lowest BCUT2D eigenvalue weighted by Crippen LogP contribution is -2.34. The highest BCUT2D eigenvalue weighted by Gasteiger charge is 2.29. The molecular formula is C11H12Br2O2. The van der Waals surface area contributed by atoms with Crippen molar-refractivity contribution in [1.82, 2.24) is 0 Å². The van der Waals surface area contributed by atoms with Gasteiger partial charge in [-0.3, -0.25) is 0 Å². The molecule has 1 saturated carbocycles. The Labute approximate surface area is 106 Å². The summed E-state index contributed by atoms with van der Waals surface area (Å²) < 4.78 is 12.1. The van der Waals surface area contributed by atoms with Gasteiger partial charge < -0.3 is 9.47 Å². The Kier molecular flexibility index (Phi) is 3.57. The Hall–Kier alpha value is -0.220. The van der Waals surface area contributed by atoms with Crippen LogP contribution >= 0.6 is 31.9 Å². The summed E-state index contributed by atoms with van der Waals surface area (Å²) in [6.45, 7) is 0. The second-order valence-electron chi connectivity index (χ2n) is 3.58. The number of hydrogen-bond donors (Lipinski definition) is 0. The largest absolute Gasteiger partial charge is 0.493 e. The molecule has 0 aromatic heterocycles. The van der Waals surface area contributed by atoms with E-state index in [0.717, 1.165) is 28.8 Å². The molecule has 82 valence electrons. The molecule has 0 saturated heterocycles. The van der Waals surface area contributed by atoms with Gasteiger partial charge in [0, 0.05) is 4.83 Å². The van der Waals surface area contributed by atoms with Gasteiger partial charge in [-0.1, -0.05) is 22.0 Å². The van der Waals surface area contributed by atoms with Gasteiger partial charge in [-0.2, -0.15) is 0 Å². The molecule has 0 bridgehead atoms. The molecule has 0 N–H and O–H groups in total. The maximum absolute atomic E-state index is 5.87. The van der Waals surface area contributed by atoms with Crippen LogP contribution in [0.5, 0.6) is 11.5 Å². The molecule has 2 nitrogen and oxygen atoms in total. The topological polar surface area (TPSA) is 18.5 Å². The first-order valence-electron chi connectivity index (χ1n) is 4.84. The zero-order valence-electron chi connectivity index (χ0n) is 8.37. The molecule has 1 aromatic rings. The van der Waals surface area contributed by atoms with Gasteiger partial charge >= 0.3 is 0 Å². The number of alkyl halides is 1. The number of hydrogen-bond acceptors (Lipinski definition) is 2. The van der Waals surface area contributed by atoms with Gasteiger partial charge in [-0.25, -0.2) is 0 Å². The lowest BCUT2D eigenvalue weighted by Gasteiger charge is -2.32. The number of halogens is 2. The van der Waals surface area contributed by atoms with E-state index in [1.807, 2.05) is 18.2 Å². The van der Waals surface area contributed by atoms with Crippen molar-refractivity contribution in [1.29, 1.82) is 0 Å². The minimum atomic E-state index is 0.307. The minimum absolute atomic E-state index is 0.307. The fraction of sp³-hybridized carbons (Fsp3) is 0.455. The fourth-order valence-corrected chi connectivity index (χ4v) is 2.80. The molecule has 0 radical (unpaired) electrons. The molecule has 0 atom stereocenters. The normalized spacial score (nSPS) is 24.5. The molecule has 0 aliphatic heterocycles. The molecule has 0 unspecified atom stereocenters. The van der Waals surface area contributed by atoms with E-state index < -0.39 is 0 Å². The fourth-order valence-electron chi connectivity index (χ4n) is 1.53. The molecule has 1 aromatic carbocycles. The third-order valence-electron chi connectivity index (χ3n) is 2.47. The van der Waals surface area contributed by atoms with Crippen molar-refractivity contribution >= 4 is 31.9 Å². The van der Waals surface area contributed by atoms with Crippen molar-refractivity contribution in [2.45, 2.75) is 23.8 Å². The average Bonchev–Trinajstić information content (AvgIpc) is 2.18. The lowest BCUT2D eigenvalue weighted by molar-refractivity contribution is 0.122. The molecular weight excluding hydrogens is 324 g/mol. The van der Waals surface area contributed by atoms with Gasteiger partial charge in [-0.05, 0) is 40.9 Å². The predicted molar refractivity (Wildman–Crippen MR) is 67.1 cm³/mol. The standard InChI is InChI=1S/C11H12Br2O2/c1-14-10-4-2-3-9(13)11(10)15-8-5-7(12)6-8/h2-4,7-8H,5-6H2,1H3. The summed E-state index contributed by atoms with van der Waals surface area (Å²) in [5.41, 5.74) is 0. The van der Waals surface area contributed by atoms with Gasteiger partial charge in [0.2, 0.25) is 0 Å². The number of methoxy groups -OCH3 is 1. The number of para-hydroxylation sites is 1. The van der Waals surface area contributed by atoms with Gasteiger partial charge in [0.1, 0.15) is 6.10 Å². The van der Waals surface area contributed by atoms with Gasteiger partial charge in [0.25, 0.3) is 0 Å². The summed E-state index contributed by atoms with van der Waals surface area (Å²) >= 11 is 7.01. The van der Waals surface area contributed by atoms with E-state index >= 15 is 0 Å². The zero-order chi connectivity index (χ0) is 10.8. The van der Waals surface area contributed by atoms with Crippen molar-refractivity contribution in [3.8, 4) is 11.5 Å². The van der Waals surface area contributed by atoms with E-state index in [-0.39, 0.29) is 0 Å².